The van der Waals surface area contributed by atoms with Crippen LogP contribution >= 0.6 is 22.7 Å². The van der Waals surface area contributed by atoms with Crippen LogP contribution in [-0.2, 0) is 9.47 Å². The van der Waals surface area contributed by atoms with Gasteiger partial charge in [-0.2, -0.15) is 0 Å². The number of nitrogens with zero attached hydrogens (tertiary/aromatic N) is 1. The normalized spacial score (nSPS) is 16.7. The van der Waals surface area contributed by atoms with E-state index in [1.165, 1.54) is 15.3 Å². The van der Waals surface area contributed by atoms with E-state index in [1.54, 1.807) is 22.7 Å². The summed E-state index contributed by atoms with van der Waals surface area (Å²) in [6, 6.07) is 2.17. The number of aromatic nitrogens is 1. The second-order valence-electron chi connectivity index (χ2n) is 4.39. The molecule has 100 valence electrons. The molecule has 0 atom stereocenters. The molecule has 1 fully saturated rings. The maximum Gasteiger partial charge on any atom is 0.193 e. The minimum absolute atomic E-state index is 0.173. The first kappa shape index (κ1) is 13.0. The Bertz CT molecular complexity index is 594. The third-order valence-electron chi connectivity index (χ3n) is 2.87. The molecule has 1 aliphatic rings. The molecule has 1 aliphatic heterocycles. The highest BCUT2D eigenvalue weighted by Crippen LogP contribution is 2.33. The average Bonchev–Trinajstić information content (AvgIpc) is 3.07. The lowest BCUT2D eigenvalue weighted by Crippen LogP contribution is -1.95. The molecule has 0 spiro atoms. The minimum atomic E-state index is -0.173. The first-order valence-corrected chi connectivity index (χ1v) is 7.86. The molecule has 0 radical (unpaired) electrons. The predicted molar refractivity (Wildman–Crippen MR) is 79.5 cm³/mol. The maximum absolute atomic E-state index is 5.55. The molecular weight excluding hydrogens is 278 g/mol. The Labute approximate surface area is 120 Å². The molecule has 2 aromatic rings. The number of thiophene rings is 1. The van der Waals surface area contributed by atoms with Gasteiger partial charge in [0.1, 0.15) is 0 Å². The third kappa shape index (κ3) is 2.95. The number of thiazole rings is 1. The topological polar surface area (TPSA) is 31.4 Å². The van der Waals surface area contributed by atoms with Crippen LogP contribution in [0, 0.1) is 13.8 Å². The van der Waals surface area contributed by atoms with E-state index in [4.69, 9.17) is 9.47 Å². The fourth-order valence-electron chi connectivity index (χ4n) is 1.97. The van der Waals surface area contributed by atoms with Crippen LogP contribution in [0.1, 0.15) is 32.3 Å². The zero-order valence-corrected chi connectivity index (χ0v) is 12.5. The van der Waals surface area contributed by atoms with Crippen molar-refractivity contribution in [2.75, 3.05) is 13.2 Å². The SMILES string of the molecule is Cc1nc(C=Cc2cc(C)c(C3OCCO3)s2)cs1. The minimum Gasteiger partial charge on any atom is -0.345 e. The summed E-state index contributed by atoms with van der Waals surface area (Å²) in [6.07, 6.45) is 3.98. The van der Waals surface area contributed by atoms with Crippen molar-refractivity contribution in [2.45, 2.75) is 20.1 Å². The van der Waals surface area contributed by atoms with Gasteiger partial charge in [0, 0.05) is 10.3 Å². The van der Waals surface area contributed by atoms with Gasteiger partial charge in [-0.15, -0.1) is 22.7 Å². The van der Waals surface area contributed by atoms with E-state index in [9.17, 15) is 0 Å². The van der Waals surface area contributed by atoms with Crippen molar-refractivity contribution in [1.82, 2.24) is 4.98 Å². The molecule has 19 heavy (non-hydrogen) atoms. The summed E-state index contributed by atoms with van der Waals surface area (Å²) in [5.74, 6) is 0. The molecule has 3 nitrogen and oxygen atoms in total. The van der Waals surface area contributed by atoms with E-state index < -0.39 is 0 Å². The summed E-state index contributed by atoms with van der Waals surface area (Å²) in [7, 11) is 0. The number of ether oxygens (including phenoxy) is 2. The van der Waals surface area contributed by atoms with Crippen molar-refractivity contribution in [1.29, 1.82) is 0 Å². The molecule has 0 saturated carbocycles. The van der Waals surface area contributed by atoms with Crippen molar-refractivity contribution in [3.63, 3.8) is 0 Å². The number of hydrogen-bond acceptors (Lipinski definition) is 5. The lowest BCUT2D eigenvalue weighted by atomic mass is 10.2. The Kier molecular flexibility index (Phi) is 3.79. The molecule has 0 N–H and O–H groups in total. The monoisotopic (exact) mass is 293 g/mol. The fourth-order valence-corrected chi connectivity index (χ4v) is 3.63. The van der Waals surface area contributed by atoms with Gasteiger partial charge in [0.25, 0.3) is 0 Å². The summed E-state index contributed by atoms with van der Waals surface area (Å²) in [4.78, 5) is 6.80. The van der Waals surface area contributed by atoms with Crippen LogP contribution in [0.25, 0.3) is 12.2 Å². The van der Waals surface area contributed by atoms with E-state index >= 15 is 0 Å². The zero-order chi connectivity index (χ0) is 13.2. The van der Waals surface area contributed by atoms with Gasteiger partial charge in [-0.25, -0.2) is 4.98 Å². The summed E-state index contributed by atoms with van der Waals surface area (Å²) in [5.41, 5.74) is 2.24. The van der Waals surface area contributed by atoms with Crippen LogP contribution in [0.4, 0.5) is 0 Å². The number of rotatable bonds is 3. The second-order valence-corrected chi connectivity index (χ2v) is 6.57. The Morgan fingerprint density at radius 1 is 1.26 bits per heavy atom. The molecule has 0 bridgehead atoms. The molecule has 0 amide bonds. The lowest BCUT2D eigenvalue weighted by molar-refractivity contribution is -0.0417. The van der Waals surface area contributed by atoms with Gasteiger partial charge in [0.05, 0.1) is 28.8 Å². The van der Waals surface area contributed by atoms with Gasteiger partial charge < -0.3 is 9.47 Å². The smallest absolute Gasteiger partial charge is 0.193 e. The standard InChI is InChI=1S/C14H15NO2S2/c1-9-7-12(4-3-11-8-18-10(2)15-11)19-13(9)14-16-5-6-17-14/h3-4,7-8,14H,5-6H2,1-2H3. The zero-order valence-electron chi connectivity index (χ0n) is 10.9. The third-order valence-corrected chi connectivity index (χ3v) is 4.88. The van der Waals surface area contributed by atoms with Gasteiger partial charge in [-0.3, -0.25) is 0 Å². The molecule has 0 aromatic carbocycles. The van der Waals surface area contributed by atoms with Crippen LogP contribution in [-0.4, -0.2) is 18.2 Å². The molecule has 3 rings (SSSR count). The Morgan fingerprint density at radius 2 is 2.05 bits per heavy atom. The molecule has 5 heteroatoms. The average molecular weight is 293 g/mol. The van der Waals surface area contributed by atoms with Crippen LogP contribution in [0.3, 0.4) is 0 Å². The van der Waals surface area contributed by atoms with Crippen molar-refractivity contribution in [3.8, 4) is 0 Å². The van der Waals surface area contributed by atoms with Crippen molar-refractivity contribution in [3.05, 3.63) is 37.5 Å². The van der Waals surface area contributed by atoms with Gasteiger partial charge in [0.2, 0.25) is 0 Å². The van der Waals surface area contributed by atoms with Crippen molar-refractivity contribution >= 4 is 34.8 Å². The highest BCUT2D eigenvalue weighted by atomic mass is 32.1. The van der Waals surface area contributed by atoms with Gasteiger partial charge in [-0.05, 0) is 37.6 Å². The van der Waals surface area contributed by atoms with Crippen LogP contribution in [0.15, 0.2) is 11.4 Å². The highest BCUT2D eigenvalue weighted by Gasteiger charge is 2.22. The lowest BCUT2D eigenvalue weighted by Gasteiger charge is -2.06. The Morgan fingerprint density at radius 3 is 2.74 bits per heavy atom. The van der Waals surface area contributed by atoms with Gasteiger partial charge >= 0.3 is 0 Å². The highest BCUT2D eigenvalue weighted by molar-refractivity contribution is 7.13. The molecule has 0 aliphatic carbocycles. The molecule has 1 saturated heterocycles. The second kappa shape index (κ2) is 5.54. The van der Waals surface area contributed by atoms with Crippen LogP contribution in [0.2, 0.25) is 0 Å². The van der Waals surface area contributed by atoms with Crippen LogP contribution < -0.4 is 0 Å². The van der Waals surface area contributed by atoms with Gasteiger partial charge in [-0.1, -0.05) is 0 Å². The largest absolute Gasteiger partial charge is 0.345 e. The first-order valence-electron chi connectivity index (χ1n) is 6.16. The van der Waals surface area contributed by atoms with Crippen LogP contribution in [0.5, 0.6) is 0 Å². The summed E-state index contributed by atoms with van der Waals surface area (Å²) in [5, 5.41) is 3.16. The molecule has 3 heterocycles. The fraction of sp³-hybridized carbons (Fsp3) is 0.357. The summed E-state index contributed by atoms with van der Waals surface area (Å²) in [6.45, 7) is 5.49. The van der Waals surface area contributed by atoms with E-state index in [2.05, 4.69) is 35.5 Å². The van der Waals surface area contributed by atoms with E-state index in [0.717, 1.165) is 10.7 Å². The maximum atomic E-state index is 5.55. The Hall–Kier alpha value is -1.01. The number of aryl methyl sites for hydroxylation is 2. The molecular formula is C14H15NO2S2. The Balaban J connectivity index is 1.78. The number of hydrogen-bond donors (Lipinski definition) is 0. The summed E-state index contributed by atoms with van der Waals surface area (Å²) >= 11 is 3.39. The molecule has 2 aromatic heterocycles. The predicted octanol–water partition coefficient (Wildman–Crippen LogP) is 4.04. The molecule has 0 unspecified atom stereocenters. The van der Waals surface area contributed by atoms with E-state index in [0.29, 0.717) is 13.2 Å². The van der Waals surface area contributed by atoms with Crippen molar-refractivity contribution < 1.29 is 9.47 Å². The van der Waals surface area contributed by atoms with E-state index in [-0.39, 0.29) is 6.29 Å². The first-order chi connectivity index (χ1) is 9.22. The summed E-state index contributed by atoms with van der Waals surface area (Å²) < 4.78 is 11.1. The van der Waals surface area contributed by atoms with E-state index in [1.807, 2.05) is 6.92 Å². The quantitative estimate of drug-likeness (QED) is 0.856. The van der Waals surface area contributed by atoms with Gasteiger partial charge in [0.15, 0.2) is 6.29 Å². The van der Waals surface area contributed by atoms with Crippen molar-refractivity contribution in [2.24, 2.45) is 0 Å².